The van der Waals surface area contributed by atoms with Crippen LogP contribution in [0, 0.1) is 6.92 Å². The molecule has 2 amide bonds. The third-order valence-electron chi connectivity index (χ3n) is 4.73. The zero-order valence-electron chi connectivity index (χ0n) is 17.6. The molecule has 3 aromatic carbocycles. The summed E-state index contributed by atoms with van der Waals surface area (Å²) in [7, 11) is 0. The first kappa shape index (κ1) is 23.6. The number of aromatic hydroxyl groups is 1. The molecule has 0 saturated heterocycles. The Labute approximate surface area is 195 Å². The molecule has 0 saturated carbocycles. The fourth-order valence-corrected chi connectivity index (χ4v) is 3.52. The van der Waals surface area contributed by atoms with Crippen LogP contribution in [0.2, 0.25) is 5.02 Å². The molecular weight excluding hydrogens is 444 g/mol. The van der Waals surface area contributed by atoms with Gasteiger partial charge in [-0.1, -0.05) is 54.1 Å². The molecule has 0 spiro atoms. The van der Waals surface area contributed by atoms with Gasteiger partial charge in [0.05, 0.1) is 10.6 Å². The number of rotatable bonds is 7. The summed E-state index contributed by atoms with van der Waals surface area (Å²) in [5.74, 6) is -2.32. The molecule has 33 heavy (non-hydrogen) atoms. The standard InChI is InChI=1S/C25H21ClN2O5/c1-15-10-18(23(30)27-14-17-8-5-9-19(29)11-17)13-20(26)22(15)24(31)28-21(25(32)33)12-16-6-3-2-4-7-16/h2-13,29H,14H2,1H3,(H,27,30)(H,28,31)(H,32,33). The highest BCUT2D eigenvalue weighted by atomic mass is 35.5. The van der Waals surface area contributed by atoms with Crippen molar-refractivity contribution < 1.29 is 24.6 Å². The van der Waals surface area contributed by atoms with E-state index in [0.29, 0.717) is 16.7 Å². The number of nitrogens with one attached hydrogen (secondary N) is 2. The summed E-state index contributed by atoms with van der Waals surface area (Å²) >= 11 is 6.29. The molecule has 0 bridgehead atoms. The number of carboxylic acid groups (broad SMARTS) is 1. The van der Waals surface area contributed by atoms with Gasteiger partial charge in [-0.15, -0.1) is 0 Å². The van der Waals surface area contributed by atoms with E-state index in [4.69, 9.17) is 11.6 Å². The van der Waals surface area contributed by atoms with Gasteiger partial charge in [-0.3, -0.25) is 9.59 Å². The van der Waals surface area contributed by atoms with E-state index in [1.165, 1.54) is 30.3 Å². The summed E-state index contributed by atoms with van der Waals surface area (Å²) in [6, 6.07) is 18.0. The SMILES string of the molecule is Cc1cc(C(=O)NCc2cccc(O)c2)cc(Cl)c1C(=O)NC(=Cc1ccccc1)C(=O)O. The van der Waals surface area contributed by atoms with E-state index >= 15 is 0 Å². The number of phenols is 1. The summed E-state index contributed by atoms with van der Waals surface area (Å²) in [4.78, 5) is 36.9. The minimum absolute atomic E-state index is 0.0134. The highest BCUT2D eigenvalue weighted by Gasteiger charge is 2.20. The Kier molecular flexibility index (Phi) is 7.48. The van der Waals surface area contributed by atoms with E-state index < -0.39 is 17.8 Å². The summed E-state index contributed by atoms with van der Waals surface area (Å²) in [6.07, 6.45) is 1.34. The molecule has 0 atom stereocenters. The summed E-state index contributed by atoms with van der Waals surface area (Å²) in [5, 5.41) is 24.1. The lowest BCUT2D eigenvalue weighted by atomic mass is 10.0. The number of halogens is 1. The number of carbonyl (C=O) groups is 3. The van der Waals surface area contributed by atoms with Gasteiger partial charge in [-0.05, 0) is 54.0 Å². The largest absolute Gasteiger partial charge is 0.508 e. The normalized spacial score (nSPS) is 11.0. The van der Waals surface area contributed by atoms with E-state index in [1.54, 1.807) is 49.4 Å². The van der Waals surface area contributed by atoms with Crippen LogP contribution in [0.25, 0.3) is 6.08 Å². The Bertz CT molecular complexity index is 1220. The molecule has 168 valence electrons. The van der Waals surface area contributed by atoms with Gasteiger partial charge in [0, 0.05) is 12.1 Å². The van der Waals surface area contributed by atoms with Crippen molar-refractivity contribution in [2.75, 3.05) is 0 Å². The summed E-state index contributed by atoms with van der Waals surface area (Å²) in [6.45, 7) is 1.80. The number of carboxylic acids is 1. The van der Waals surface area contributed by atoms with Crippen molar-refractivity contribution in [3.05, 3.63) is 105 Å². The van der Waals surface area contributed by atoms with Crippen LogP contribution >= 0.6 is 11.6 Å². The maximum absolute atomic E-state index is 12.8. The second-order valence-corrected chi connectivity index (χ2v) is 7.64. The van der Waals surface area contributed by atoms with E-state index in [0.717, 1.165) is 0 Å². The molecule has 0 radical (unpaired) electrons. The van der Waals surface area contributed by atoms with Crippen molar-refractivity contribution in [2.24, 2.45) is 0 Å². The van der Waals surface area contributed by atoms with Gasteiger partial charge < -0.3 is 20.8 Å². The summed E-state index contributed by atoms with van der Waals surface area (Å²) in [5.41, 5.74) is 1.74. The van der Waals surface area contributed by atoms with Gasteiger partial charge >= 0.3 is 5.97 Å². The number of amides is 2. The van der Waals surface area contributed by atoms with Crippen LogP contribution in [0.1, 0.15) is 37.4 Å². The zero-order chi connectivity index (χ0) is 24.0. The zero-order valence-corrected chi connectivity index (χ0v) is 18.4. The highest BCUT2D eigenvalue weighted by molar-refractivity contribution is 6.34. The van der Waals surface area contributed by atoms with Gasteiger partial charge in [0.25, 0.3) is 11.8 Å². The van der Waals surface area contributed by atoms with Crippen molar-refractivity contribution >= 4 is 35.5 Å². The lowest BCUT2D eigenvalue weighted by Gasteiger charge is -2.13. The molecule has 0 heterocycles. The van der Waals surface area contributed by atoms with Crippen LogP contribution in [-0.2, 0) is 11.3 Å². The molecule has 8 heteroatoms. The monoisotopic (exact) mass is 464 g/mol. The fourth-order valence-electron chi connectivity index (χ4n) is 3.17. The first-order valence-electron chi connectivity index (χ1n) is 9.92. The van der Waals surface area contributed by atoms with Crippen molar-refractivity contribution in [1.29, 1.82) is 0 Å². The number of aliphatic carboxylic acids is 1. The lowest BCUT2D eigenvalue weighted by molar-refractivity contribution is -0.132. The number of benzene rings is 3. The van der Waals surface area contributed by atoms with Crippen molar-refractivity contribution in [3.63, 3.8) is 0 Å². The predicted octanol–water partition coefficient (Wildman–Crippen LogP) is 4.14. The Morgan fingerprint density at radius 1 is 0.970 bits per heavy atom. The molecule has 4 N–H and O–H groups in total. The number of hydrogen-bond acceptors (Lipinski definition) is 4. The van der Waals surface area contributed by atoms with Gasteiger partial charge in [-0.2, -0.15) is 0 Å². The maximum Gasteiger partial charge on any atom is 0.352 e. The second-order valence-electron chi connectivity index (χ2n) is 7.23. The van der Waals surface area contributed by atoms with Crippen molar-refractivity contribution in [1.82, 2.24) is 10.6 Å². The maximum atomic E-state index is 12.8. The quantitative estimate of drug-likeness (QED) is 0.392. The van der Waals surface area contributed by atoms with Crippen molar-refractivity contribution in [3.8, 4) is 5.75 Å². The smallest absolute Gasteiger partial charge is 0.352 e. The van der Waals surface area contributed by atoms with Gasteiger partial charge in [-0.25, -0.2) is 4.79 Å². The number of aryl methyl sites for hydroxylation is 1. The minimum Gasteiger partial charge on any atom is -0.508 e. The molecule has 0 unspecified atom stereocenters. The Morgan fingerprint density at radius 3 is 2.33 bits per heavy atom. The molecular formula is C25H21ClN2O5. The summed E-state index contributed by atoms with van der Waals surface area (Å²) < 4.78 is 0. The van der Waals surface area contributed by atoms with Crippen LogP contribution in [0.4, 0.5) is 0 Å². The fraction of sp³-hybridized carbons (Fsp3) is 0.0800. The first-order valence-corrected chi connectivity index (χ1v) is 10.3. The molecule has 7 nitrogen and oxygen atoms in total. The lowest BCUT2D eigenvalue weighted by Crippen LogP contribution is -2.28. The predicted molar refractivity (Wildman–Crippen MR) is 125 cm³/mol. The van der Waals surface area contributed by atoms with E-state index in [2.05, 4.69) is 10.6 Å². The number of carbonyl (C=O) groups excluding carboxylic acids is 2. The Morgan fingerprint density at radius 2 is 1.70 bits per heavy atom. The van der Waals surface area contributed by atoms with Gasteiger partial charge in [0.15, 0.2) is 0 Å². The van der Waals surface area contributed by atoms with Crippen LogP contribution in [0.15, 0.2) is 72.4 Å². The first-order chi connectivity index (χ1) is 15.7. The van der Waals surface area contributed by atoms with Crippen LogP contribution < -0.4 is 10.6 Å². The van der Waals surface area contributed by atoms with Crippen LogP contribution in [0.3, 0.4) is 0 Å². The Balaban J connectivity index is 1.77. The molecule has 0 aliphatic heterocycles. The van der Waals surface area contributed by atoms with E-state index in [9.17, 15) is 24.6 Å². The average molecular weight is 465 g/mol. The Hall–Kier alpha value is -4.10. The van der Waals surface area contributed by atoms with Crippen LogP contribution in [0.5, 0.6) is 5.75 Å². The average Bonchev–Trinajstić information content (AvgIpc) is 2.77. The van der Waals surface area contributed by atoms with Crippen LogP contribution in [-0.4, -0.2) is 28.0 Å². The highest BCUT2D eigenvalue weighted by Crippen LogP contribution is 2.23. The molecule has 3 aromatic rings. The second kappa shape index (κ2) is 10.5. The minimum atomic E-state index is -1.30. The molecule has 0 aromatic heterocycles. The number of phenolic OH excluding ortho intramolecular Hbond substituents is 1. The topological polar surface area (TPSA) is 116 Å². The van der Waals surface area contributed by atoms with Gasteiger partial charge in [0.1, 0.15) is 11.4 Å². The van der Waals surface area contributed by atoms with E-state index in [1.807, 2.05) is 0 Å². The third kappa shape index (κ3) is 6.21. The number of hydrogen-bond donors (Lipinski definition) is 4. The van der Waals surface area contributed by atoms with E-state index in [-0.39, 0.29) is 34.1 Å². The van der Waals surface area contributed by atoms with Crippen molar-refractivity contribution in [2.45, 2.75) is 13.5 Å². The molecule has 0 fully saturated rings. The third-order valence-corrected chi connectivity index (χ3v) is 5.03. The molecule has 0 aliphatic rings. The molecule has 3 rings (SSSR count). The van der Waals surface area contributed by atoms with Gasteiger partial charge in [0.2, 0.25) is 0 Å². The molecule has 0 aliphatic carbocycles.